The van der Waals surface area contributed by atoms with Gasteiger partial charge in [-0.25, -0.2) is 0 Å². The van der Waals surface area contributed by atoms with Crippen molar-refractivity contribution >= 4 is 29.0 Å². The van der Waals surface area contributed by atoms with E-state index in [0.717, 1.165) is 43.2 Å². The maximum atomic E-state index is 13.1. The third kappa shape index (κ3) is 4.66. The lowest BCUT2D eigenvalue weighted by Gasteiger charge is -2.36. The Morgan fingerprint density at radius 3 is 2.53 bits per heavy atom. The van der Waals surface area contributed by atoms with Gasteiger partial charge in [-0.15, -0.1) is 0 Å². The molecule has 1 saturated heterocycles. The lowest BCUT2D eigenvalue weighted by atomic mass is 10.1. The van der Waals surface area contributed by atoms with Crippen LogP contribution in [0.15, 0.2) is 42.5 Å². The van der Waals surface area contributed by atoms with Crippen LogP contribution >= 0.6 is 0 Å². The summed E-state index contributed by atoms with van der Waals surface area (Å²) in [7, 11) is 1.61. The van der Waals surface area contributed by atoms with Gasteiger partial charge in [0, 0.05) is 49.7 Å². The van der Waals surface area contributed by atoms with Gasteiger partial charge in [-0.1, -0.05) is 12.1 Å². The summed E-state index contributed by atoms with van der Waals surface area (Å²) in [4.78, 5) is 32.2. The van der Waals surface area contributed by atoms with E-state index >= 15 is 0 Å². The molecule has 2 aliphatic rings. The van der Waals surface area contributed by atoms with Crippen LogP contribution in [0.4, 0.5) is 17.2 Å². The van der Waals surface area contributed by atoms with E-state index in [1.165, 1.54) is 16.8 Å². The van der Waals surface area contributed by atoms with Gasteiger partial charge in [0.25, 0.3) is 5.91 Å². The maximum Gasteiger partial charge on any atom is 0.276 e. The average Bonchev–Trinajstić information content (AvgIpc) is 3.30. The number of amides is 2. The van der Waals surface area contributed by atoms with Crippen molar-refractivity contribution in [2.45, 2.75) is 20.3 Å². The van der Waals surface area contributed by atoms with Gasteiger partial charge in [-0.3, -0.25) is 19.6 Å². The summed E-state index contributed by atoms with van der Waals surface area (Å²) in [5.41, 5.74) is 5.86. The normalized spacial score (nSPS) is 16.1. The highest BCUT2D eigenvalue weighted by Gasteiger charge is 2.31. The first-order chi connectivity index (χ1) is 17.4. The zero-order valence-corrected chi connectivity index (χ0v) is 21.0. The van der Waals surface area contributed by atoms with E-state index in [0.29, 0.717) is 31.0 Å². The average molecular weight is 489 g/mol. The molecule has 0 bridgehead atoms. The zero-order valence-electron chi connectivity index (χ0n) is 21.0. The Labute approximate surface area is 211 Å². The van der Waals surface area contributed by atoms with E-state index in [2.05, 4.69) is 57.4 Å². The number of piperazine rings is 1. The Bertz CT molecular complexity index is 1260. The van der Waals surface area contributed by atoms with Gasteiger partial charge in [0.1, 0.15) is 11.4 Å². The van der Waals surface area contributed by atoms with Crippen molar-refractivity contribution in [2.24, 2.45) is 0 Å². The molecular formula is C27H32N6O3. The molecule has 0 unspecified atom stereocenters. The topological polar surface area (TPSA) is 93.8 Å². The summed E-state index contributed by atoms with van der Waals surface area (Å²) < 4.78 is 5.20. The molecule has 0 spiro atoms. The number of hydrogen-bond donors (Lipinski definition) is 2. The number of rotatable bonds is 6. The molecule has 36 heavy (non-hydrogen) atoms. The van der Waals surface area contributed by atoms with E-state index in [1.54, 1.807) is 12.0 Å². The van der Waals surface area contributed by atoms with Gasteiger partial charge in [0.2, 0.25) is 5.91 Å². The first-order valence-corrected chi connectivity index (χ1v) is 12.3. The fraction of sp³-hybridized carbons (Fsp3) is 0.370. The minimum atomic E-state index is -0.156. The Morgan fingerprint density at radius 1 is 1.06 bits per heavy atom. The Hall–Kier alpha value is -3.85. The number of nitrogens with one attached hydrogen (secondary N) is 2. The van der Waals surface area contributed by atoms with E-state index in [-0.39, 0.29) is 11.8 Å². The smallest absolute Gasteiger partial charge is 0.276 e. The van der Waals surface area contributed by atoms with Crippen molar-refractivity contribution in [3.05, 3.63) is 64.8 Å². The van der Waals surface area contributed by atoms with Crippen molar-refractivity contribution in [1.29, 1.82) is 0 Å². The molecule has 2 amide bonds. The van der Waals surface area contributed by atoms with Crippen LogP contribution in [0.1, 0.15) is 27.2 Å². The fourth-order valence-corrected chi connectivity index (χ4v) is 4.96. The number of aromatic nitrogens is 2. The predicted octanol–water partition coefficient (Wildman–Crippen LogP) is 3.00. The number of carbonyl (C=O) groups excluding carboxylic acids is 2. The summed E-state index contributed by atoms with van der Waals surface area (Å²) in [6.07, 6.45) is 0.605. The first kappa shape index (κ1) is 23.9. The number of hydrogen-bond acceptors (Lipinski definition) is 6. The first-order valence-electron chi connectivity index (χ1n) is 12.3. The van der Waals surface area contributed by atoms with Crippen molar-refractivity contribution in [1.82, 2.24) is 15.1 Å². The van der Waals surface area contributed by atoms with E-state index in [4.69, 9.17) is 4.74 Å². The number of carbonyl (C=O) groups is 2. The molecule has 0 aliphatic carbocycles. The largest absolute Gasteiger partial charge is 0.497 e. The van der Waals surface area contributed by atoms with Crippen molar-refractivity contribution in [3.8, 4) is 5.75 Å². The fourth-order valence-electron chi connectivity index (χ4n) is 4.96. The van der Waals surface area contributed by atoms with Gasteiger partial charge in [-0.05, 0) is 61.7 Å². The van der Waals surface area contributed by atoms with Gasteiger partial charge < -0.3 is 19.9 Å². The lowest BCUT2D eigenvalue weighted by molar-refractivity contribution is -0.117. The van der Waals surface area contributed by atoms with E-state index in [1.807, 2.05) is 24.3 Å². The highest BCUT2D eigenvalue weighted by atomic mass is 16.5. The number of ether oxygens (including phenoxy) is 1. The molecule has 188 valence electrons. The maximum absolute atomic E-state index is 13.1. The van der Waals surface area contributed by atoms with Crippen molar-refractivity contribution in [3.63, 3.8) is 0 Å². The molecule has 3 aromatic rings. The second-order valence-electron chi connectivity index (χ2n) is 9.36. The van der Waals surface area contributed by atoms with Crippen LogP contribution in [0.25, 0.3) is 0 Å². The zero-order chi connectivity index (χ0) is 25.2. The number of methoxy groups -OCH3 is 1. The number of H-pyrrole nitrogens is 1. The molecule has 0 saturated carbocycles. The van der Waals surface area contributed by atoms with Crippen LogP contribution in [-0.4, -0.2) is 73.3 Å². The van der Waals surface area contributed by atoms with Gasteiger partial charge in [0.05, 0.1) is 13.7 Å². The minimum Gasteiger partial charge on any atom is -0.497 e. The number of nitrogens with zero attached hydrogens (tertiary/aromatic N) is 4. The van der Waals surface area contributed by atoms with E-state index < -0.39 is 0 Å². The number of aryl methyl sites for hydroxylation is 1. The molecular weight excluding hydrogens is 456 g/mol. The monoisotopic (exact) mass is 488 g/mol. The van der Waals surface area contributed by atoms with E-state index in [9.17, 15) is 9.59 Å². The lowest BCUT2D eigenvalue weighted by Crippen LogP contribution is -2.49. The minimum absolute atomic E-state index is 0.116. The van der Waals surface area contributed by atoms with Gasteiger partial charge in [-0.2, -0.15) is 5.10 Å². The predicted molar refractivity (Wildman–Crippen MR) is 140 cm³/mol. The van der Waals surface area contributed by atoms with Gasteiger partial charge in [0.15, 0.2) is 5.82 Å². The number of fused-ring (bicyclic) bond motifs is 1. The molecule has 2 aromatic carbocycles. The Kier molecular flexibility index (Phi) is 6.65. The molecule has 3 heterocycles. The van der Waals surface area contributed by atoms with Crippen molar-refractivity contribution in [2.75, 3.05) is 61.5 Å². The quantitative estimate of drug-likeness (QED) is 0.554. The third-order valence-corrected chi connectivity index (χ3v) is 7.21. The molecule has 0 radical (unpaired) electrons. The second-order valence-corrected chi connectivity index (χ2v) is 9.36. The molecule has 2 N–H and O–H groups in total. The molecule has 9 heteroatoms. The molecule has 0 atom stereocenters. The standard InChI is InChI=1S/C27H32N6O3/c1-18-5-4-6-23(19(18)2)32-15-13-31(14-16-32)17-24(34)28-26-22-11-12-33(27(35)25(22)29-30-26)20-7-9-21(36-3)10-8-20/h4-10H,11-17H2,1-3H3,(H2,28,29,30,34). The summed E-state index contributed by atoms with van der Waals surface area (Å²) in [5.74, 6) is 0.917. The molecule has 1 aromatic heterocycles. The highest BCUT2D eigenvalue weighted by molar-refractivity contribution is 6.08. The second kappa shape index (κ2) is 10.0. The van der Waals surface area contributed by atoms with Crippen LogP contribution in [0.2, 0.25) is 0 Å². The number of anilines is 3. The molecule has 1 fully saturated rings. The summed E-state index contributed by atoms with van der Waals surface area (Å²) >= 11 is 0. The SMILES string of the molecule is COc1ccc(N2CCc3c(NC(=O)CN4CCN(c5cccc(C)c5C)CC4)n[nH]c3C2=O)cc1. The molecule has 5 rings (SSSR count). The highest BCUT2D eigenvalue weighted by Crippen LogP contribution is 2.29. The van der Waals surface area contributed by atoms with Crippen molar-refractivity contribution < 1.29 is 14.3 Å². The number of aromatic amines is 1. The van der Waals surface area contributed by atoms with Crippen LogP contribution in [0, 0.1) is 13.8 Å². The van der Waals surface area contributed by atoms with Crippen LogP contribution in [0.5, 0.6) is 5.75 Å². The van der Waals surface area contributed by atoms with Crippen LogP contribution in [0.3, 0.4) is 0 Å². The van der Waals surface area contributed by atoms with Crippen LogP contribution < -0.4 is 19.9 Å². The summed E-state index contributed by atoms with van der Waals surface area (Å²) in [6, 6.07) is 13.8. The molecule has 9 nitrogen and oxygen atoms in total. The molecule has 2 aliphatic heterocycles. The Morgan fingerprint density at radius 2 is 1.81 bits per heavy atom. The summed E-state index contributed by atoms with van der Waals surface area (Å²) in [6.45, 7) is 8.50. The summed E-state index contributed by atoms with van der Waals surface area (Å²) in [5, 5.41) is 10.0. The van der Waals surface area contributed by atoms with Gasteiger partial charge >= 0.3 is 0 Å². The Balaban J connectivity index is 1.17. The number of benzene rings is 2. The van der Waals surface area contributed by atoms with Crippen LogP contribution in [-0.2, 0) is 11.2 Å². The third-order valence-electron chi connectivity index (χ3n) is 7.21.